The second-order valence-electron chi connectivity index (χ2n) is 5.98. The zero-order chi connectivity index (χ0) is 18.0. The van der Waals surface area contributed by atoms with E-state index in [4.69, 9.17) is 0 Å². The molecule has 3 rings (SSSR count). The number of alkyl halides is 3. The number of carbonyl (C=O) groups excluding carboxylic acids is 2. The average Bonchev–Trinajstić information content (AvgIpc) is 2.99. The third-order valence-corrected chi connectivity index (χ3v) is 5.35. The van der Waals surface area contributed by atoms with Crippen molar-refractivity contribution in [2.45, 2.75) is 18.6 Å². The van der Waals surface area contributed by atoms with E-state index >= 15 is 0 Å². The summed E-state index contributed by atoms with van der Waals surface area (Å²) >= 11 is 1.22. The highest BCUT2D eigenvalue weighted by Crippen LogP contribution is 2.31. The Kier molecular flexibility index (Phi) is 5.12. The molecule has 136 valence electrons. The number of carbonyl (C=O) groups is 2. The van der Waals surface area contributed by atoms with Gasteiger partial charge in [-0.2, -0.15) is 13.2 Å². The van der Waals surface area contributed by atoms with Gasteiger partial charge in [0.2, 0.25) is 5.12 Å². The van der Waals surface area contributed by atoms with Crippen LogP contribution in [0.15, 0.2) is 24.3 Å². The molecule has 0 aromatic heterocycles. The first kappa shape index (κ1) is 17.9. The molecule has 2 saturated heterocycles. The number of benzene rings is 1. The van der Waals surface area contributed by atoms with Crippen molar-refractivity contribution < 1.29 is 22.8 Å². The van der Waals surface area contributed by atoms with Gasteiger partial charge < -0.3 is 15.1 Å². The van der Waals surface area contributed by atoms with Gasteiger partial charge in [0.25, 0.3) is 0 Å². The van der Waals surface area contributed by atoms with Crippen LogP contribution in [-0.4, -0.2) is 54.0 Å². The molecule has 1 unspecified atom stereocenters. The van der Waals surface area contributed by atoms with E-state index < -0.39 is 17.8 Å². The molecule has 0 saturated carbocycles. The van der Waals surface area contributed by atoms with Crippen molar-refractivity contribution in [1.29, 1.82) is 0 Å². The van der Waals surface area contributed by atoms with Gasteiger partial charge in [0.15, 0.2) is 0 Å². The minimum atomic E-state index is -4.37. The van der Waals surface area contributed by atoms with Crippen LogP contribution in [0.1, 0.15) is 12.0 Å². The van der Waals surface area contributed by atoms with Crippen molar-refractivity contribution in [1.82, 2.24) is 10.2 Å². The van der Waals surface area contributed by atoms with Crippen molar-refractivity contribution in [2.75, 3.05) is 36.8 Å². The first-order valence-electron chi connectivity index (χ1n) is 7.99. The van der Waals surface area contributed by atoms with Crippen molar-refractivity contribution in [2.24, 2.45) is 0 Å². The van der Waals surface area contributed by atoms with Gasteiger partial charge in [-0.05, 0) is 24.6 Å². The molecule has 1 aromatic rings. The zero-order valence-electron chi connectivity index (χ0n) is 13.4. The number of urea groups is 1. The van der Waals surface area contributed by atoms with Crippen molar-refractivity contribution in [3.05, 3.63) is 29.8 Å². The van der Waals surface area contributed by atoms with E-state index in [1.165, 1.54) is 17.8 Å². The Morgan fingerprint density at radius 3 is 2.52 bits per heavy atom. The normalized spacial score (nSPS) is 21.6. The minimum absolute atomic E-state index is 0.0176. The predicted molar refractivity (Wildman–Crippen MR) is 89.6 cm³/mol. The fraction of sp³-hybridized carbons (Fsp3) is 0.500. The van der Waals surface area contributed by atoms with Crippen molar-refractivity contribution in [3.63, 3.8) is 0 Å². The molecule has 0 radical (unpaired) electrons. The Labute approximate surface area is 147 Å². The predicted octanol–water partition coefficient (Wildman–Crippen LogP) is 2.57. The first-order chi connectivity index (χ1) is 11.8. The average molecular weight is 373 g/mol. The van der Waals surface area contributed by atoms with Crippen LogP contribution in [0.3, 0.4) is 0 Å². The lowest BCUT2D eigenvalue weighted by Crippen LogP contribution is -2.54. The summed E-state index contributed by atoms with van der Waals surface area (Å²) in [5.41, 5.74) is -0.181. The lowest BCUT2D eigenvalue weighted by molar-refractivity contribution is -0.137. The molecule has 9 heteroatoms. The number of hydrogen-bond donors (Lipinski definition) is 1. The summed E-state index contributed by atoms with van der Waals surface area (Å²) in [7, 11) is 0. The van der Waals surface area contributed by atoms with Crippen LogP contribution < -0.4 is 10.2 Å². The summed E-state index contributed by atoms with van der Waals surface area (Å²) in [6.45, 7) is 1.69. The number of hydrogen-bond acceptors (Lipinski definition) is 4. The Hall–Kier alpha value is -1.90. The number of amides is 2. The molecule has 0 bridgehead atoms. The third-order valence-electron chi connectivity index (χ3n) is 4.34. The molecule has 5 nitrogen and oxygen atoms in total. The molecule has 2 fully saturated rings. The minimum Gasteiger partial charge on any atom is -0.368 e. The highest BCUT2D eigenvalue weighted by Gasteiger charge is 2.32. The monoisotopic (exact) mass is 373 g/mol. The van der Waals surface area contributed by atoms with E-state index in [9.17, 15) is 22.8 Å². The van der Waals surface area contributed by atoms with Crippen LogP contribution in [0.25, 0.3) is 0 Å². The van der Waals surface area contributed by atoms with Gasteiger partial charge in [-0.3, -0.25) is 4.79 Å². The largest absolute Gasteiger partial charge is 0.416 e. The number of anilines is 1. The molecular formula is C16H18F3N3O2S. The number of rotatable bonds is 2. The number of halogens is 3. The summed E-state index contributed by atoms with van der Waals surface area (Å²) in [6, 6.07) is 4.48. The summed E-state index contributed by atoms with van der Waals surface area (Å²) in [6.07, 6.45) is -3.73. The van der Waals surface area contributed by atoms with Gasteiger partial charge in [-0.15, -0.1) is 0 Å². The molecule has 0 spiro atoms. The van der Waals surface area contributed by atoms with E-state index in [0.29, 0.717) is 44.0 Å². The van der Waals surface area contributed by atoms with Gasteiger partial charge in [0.1, 0.15) is 6.04 Å². The van der Waals surface area contributed by atoms with Gasteiger partial charge in [-0.25, -0.2) is 4.79 Å². The lowest BCUT2D eigenvalue weighted by atomic mass is 10.1. The van der Waals surface area contributed by atoms with Crippen molar-refractivity contribution >= 4 is 28.6 Å². The fourth-order valence-electron chi connectivity index (χ4n) is 2.91. The molecule has 2 amide bonds. The molecule has 1 N–H and O–H groups in total. The number of nitrogens with one attached hydrogen (secondary N) is 1. The topological polar surface area (TPSA) is 52.7 Å². The fourth-order valence-corrected chi connectivity index (χ4v) is 3.85. The summed E-state index contributed by atoms with van der Waals surface area (Å²) < 4.78 is 38.5. The quantitative estimate of drug-likeness (QED) is 0.866. The Morgan fingerprint density at radius 1 is 1.20 bits per heavy atom. The highest BCUT2D eigenvalue weighted by atomic mass is 32.2. The molecule has 1 atom stereocenters. The van der Waals surface area contributed by atoms with E-state index in [1.807, 2.05) is 4.90 Å². The van der Waals surface area contributed by atoms with Gasteiger partial charge >= 0.3 is 12.2 Å². The van der Waals surface area contributed by atoms with E-state index in [1.54, 1.807) is 11.0 Å². The van der Waals surface area contributed by atoms with E-state index in [2.05, 4.69) is 5.32 Å². The maximum absolute atomic E-state index is 12.8. The smallest absolute Gasteiger partial charge is 0.368 e. The van der Waals surface area contributed by atoms with Gasteiger partial charge in [0.05, 0.1) is 5.56 Å². The Morgan fingerprint density at radius 2 is 1.92 bits per heavy atom. The maximum atomic E-state index is 12.8. The molecule has 1 aromatic carbocycles. The van der Waals surface area contributed by atoms with Crippen LogP contribution in [0, 0.1) is 0 Å². The van der Waals surface area contributed by atoms with Crippen LogP contribution in [0.2, 0.25) is 0 Å². The molecule has 0 aliphatic carbocycles. The standard InChI is InChI=1S/C16H18F3N3O2S/c17-16(18,19)11-2-1-3-12(10-11)21-5-7-22(8-6-21)15(24)20-13-4-9-25-14(13)23/h1-3,10,13H,4-9H2,(H,20,24). The molecule has 2 heterocycles. The third kappa shape index (κ3) is 4.20. The summed E-state index contributed by atoms with van der Waals surface area (Å²) in [5.74, 6) is 0.715. The van der Waals surface area contributed by atoms with E-state index in [0.717, 1.165) is 12.1 Å². The van der Waals surface area contributed by atoms with Crippen LogP contribution >= 0.6 is 11.8 Å². The molecule has 2 aliphatic rings. The number of nitrogens with zero attached hydrogens (tertiary/aromatic N) is 2. The summed E-state index contributed by atoms with van der Waals surface area (Å²) in [4.78, 5) is 27.2. The molecule has 25 heavy (non-hydrogen) atoms. The van der Waals surface area contributed by atoms with Crippen LogP contribution in [-0.2, 0) is 11.0 Å². The van der Waals surface area contributed by atoms with Gasteiger partial charge in [0, 0.05) is 37.6 Å². The Bertz CT molecular complexity index is 660. The molecule has 2 aliphatic heterocycles. The van der Waals surface area contributed by atoms with Crippen LogP contribution in [0.4, 0.5) is 23.7 Å². The second-order valence-corrected chi connectivity index (χ2v) is 7.08. The number of thioether (sulfide) groups is 1. The lowest BCUT2D eigenvalue weighted by Gasteiger charge is -2.36. The van der Waals surface area contributed by atoms with Gasteiger partial charge in [-0.1, -0.05) is 17.8 Å². The molecular weight excluding hydrogens is 355 g/mol. The van der Waals surface area contributed by atoms with E-state index in [-0.39, 0.29) is 11.1 Å². The SMILES string of the molecule is O=C1SCCC1NC(=O)N1CCN(c2cccc(C(F)(F)F)c2)CC1. The number of piperazine rings is 1. The highest BCUT2D eigenvalue weighted by molar-refractivity contribution is 8.14. The zero-order valence-corrected chi connectivity index (χ0v) is 14.2. The Balaban J connectivity index is 1.56. The second kappa shape index (κ2) is 7.15. The first-order valence-corrected chi connectivity index (χ1v) is 8.97. The van der Waals surface area contributed by atoms with Crippen LogP contribution in [0.5, 0.6) is 0 Å². The van der Waals surface area contributed by atoms with Crippen molar-refractivity contribution in [3.8, 4) is 0 Å². The summed E-state index contributed by atoms with van der Waals surface area (Å²) in [5, 5.41) is 2.71. The maximum Gasteiger partial charge on any atom is 0.416 e.